The number of furan rings is 1. The third-order valence-electron chi connectivity index (χ3n) is 4.50. The van der Waals surface area contributed by atoms with Crippen molar-refractivity contribution < 1.29 is 4.42 Å². The average Bonchev–Trinajstić information content (AvgIpc) is 2.92. The summed E-state index contributed by atoms with van der Waals surface area (Å²) in [6.07, 6.45) is 0. The fourth-order valence-electron chi connectivity index (χ4n) is 3.16. The first-order valence-electron chi connectivity index (χ1n) is 8.15. The summed E-state index contributed by atoms with van der Waals surface area (Å²) in [7, 11) is 0. The second kappa shape index (κ2) is 5.39. The van der Waals surface area contributed by atoms with E-state index in [1.165, 1.54) is 5.56 Å². The Morgan fingerprint density at radius 1 is 0.833 bits per heavy atom. The van der Waals surface area contributed by atoms with Gasteiger partial charge in [-0.05, 0) is 34.7 Å². The van der Waals surface area contributed by atoms with Gasteiger partial charge in [0.25, 0.3) is 0 Å². The van der Waals surface area contributed by atoms with Crippen LogP contribution in [0.25, 0.3) is 33.1 Å². The topological polar surface area (TPSA) is 13.1 Å². The lowest BCUT2D eigenvalue weighted by Gasteiger charge is -2.19. The zero-order chi connectivity index (χ0) is 16.9. The lowest BCUT2D eigenvalue weighted by molar-refractivity contribution is 0.590. The highest BCUT2D eigenvalue weighted by Crippen LogP contribution is 2.38. The second-order valence-corrected chi connectivity index (χ2v) is 7.69. The van der Waals surface area contributed by atoms with Crippen LogP contribution in [0.3, 0.4) is 0 Å². The molecule has 0 saturated heterocycles. The Balaban J connectivity index is 1.96. The Morgan fingerprint density at radius 3 is 2.25 bits per heavy atom. The summed E-state index contributed by atoms with van der Waals surface area (Å²) in [5.74, 6) is 0. The maximum atomic E-state index is 6.39. The number of hydrogen-bond acceptors (Lipinski definition) is 1. The van der Waals surface area contributed by atoms with Crippen LogP contribution in [0.2, 0.25) is 5.02 Å². The van der Waals surface area contributed by atoms with E-state index in [2.05, 4.69) is 51.1 Å². The smallest absolute Gasteiger partial charge is 0.143 e. The van der Waals surface area contributed by atoms with Gasteiger partial charge in [0.2, 0.25) is 0 Å². The largest absolute Gasteiger partial charge is 0.455 e. The van der Waals surface area contributed by atoms with Crippen LogP contribution in [0.1, 0.15) is 26.3 Å². The van der Waals surface area contributed by atoms with Gasteiger partial charge in [-0.25, -0.2) is 0 Å². The van der Waals surface area contributed by atoms with Crippen molar-refractivity contribution >= 4 is 33.5 Å². The van der Waals surface area contributed by atoms with Crippen molar-refractivity contribution in [3.05, 3.63) is 71.2 Å². The molecule has 4 rings (SSSR count). The quantitative estimate of drug-likeness (QED) is 0.358. The number of para-hydroxylation sites is 1. The van der Waals surface area contributed by atoms with Crippen LogP contribution in [0, 0.1) is 0 Å². The molecule has 24 heavy (non-hydrogen) atoms. The van der Waals surface area contributed by atoms with Gasteiger partial charge in [0.15, 0.2) is 0 Å². The van der Waals surface area contributed by atoms with Crippen LogP contribution in [0.5, 0.6) is 0 Å². The van der Waals surface area contributed by atoms with Crippen LogP contribution < -0.4 is 0 Å². The van der Waals surface area contributed by atoms with E-state index >= 15 is 0 Å². The van der Waals surface area contributed by atoms with Crippen LogP contribution in [0.4, 0.5) is 0 Å². The minimum absolute atomic E-state index is 0.140. The number of hydrogen-bond donors (Lipinski definition) is 0. The molecule has 1 nitrogen and oxygen atoms in total. The van der Waals surface area contributed by atoms with E-state index in [9.17, 15) is 0 Å². The zero-order valence-corrected chi connectivity index (χ0v) is 14.8. The highest BCUT2D eigenvalue weighted by molar-refractivity contribution is 6.32. The predicted octanol–water partition coefficient (Wildman–Crippen LogP) is 7.20. The summed E-state index contributed by atoms with van der Waals surface area (Å²) in [5, 5.41) is 2.89. The van der Waals surface area contributed by atoms with Crippen molar-refractivity contribution in [1.82, 2.24) is 0 Å². The zero-order valence-electron chi connectivity index (χ0n) is 14.1. The first kappa shape index (κ1) is 15.3. The minimum atomic E-state index is 0.140. The van der Waals surface area contributed by atoms with Gasteiger partial charge in [-0.2, -0.15) is 0 Å². The molecule has 4 aromatic rings. The van der Waals surface area contributed by atoms with E-state index in [1.54, 1.807) is 0 Å². The van der Waals surface area contributed by atoms with E-state index in [0.717, 1.165) is 38.1 Å². The molecule has 0 fully saturated rings. The van der Waals surface area contributed by atoms with Crippen molar-refractivity contribution in [2.45, 2.75) is 26.2 Å². The Hall–Kier alpha value is -2.25. The normalized spacial score (nSPS) is 12.2. The maximum Gasteiger partial charge on any atom is 0.143 e. The molecule has 0 unspecified atom stereocenters. The number of halogens is 1. The van der Waals surface area contributed by atoms with Crippen molar-refractivity contribution in [1.29, 1.82) is 0 Å². The molecule has 3 aromatic carbocycles. The SMILES string of the molecule is CC(C)(C)c1ccc(-c2cc(Cl)cc3c2oc2ccccc23)cc1. The number of benzene rings is 3. The molecular formula is C22H19ClO. The van der Waals surface area contributed by atoms with Gasteiger partial charge in [0.05, 0.1) is 0 Å². The molecule has 0 atom stereocenters. The van der Waals surface area contributed by atoms with Crippen LogP contribution >= 0.6 is 11.6 Å². The van der Waals surface area contributed by atoms with Crippen LogP contribution in [-0.2, 0) is 5.41 Å². The molecule has 1 aromatic heterocycles. The molecule has 0 amide bonds. The molecule has 0 spiro atoms. The second-order valence-electron chi connectivity index (χ2n) is 7.26. The third-order valence-corrected chi connectivity index (χ3v) is 4.72. The molecule has 0 aliphatic heterocycles. The minimum Gasteiger partial charge on any atom is -0.455 e. The van der Waals surface area contributed by atoms with Gasteiger partial charge in [0.1, 0.15) is 11.2 Å². The van der Waals surface area contributed by atoms with Gasteiger partial charge >= 0.3 is 0 Å². The van der Waals surface area contributed by atoms with Gasteiger partial charge < -0.3 is 4.42 Å². The van der Waals surface area contributed by atoms with Gasteiger partial charge in [-0.3, -0.25) is 0 Å². The summed E-state index contributed by atoms with van der Waals surface area (Å²) in [5.41, 5.74) is 5.39. The molecule has 1 heterocycles. The van der Waals surface area contributed by atoms with Crippen LogP contribution in [-0.4, -0.2) is 0 Å². The summed E-state index contributed by atoms with van der Waals surface area (Å²) < 4.78 is 6.13. The fraction of sp³-hybridized carbons (Fsp3) is 0.182. The summed E-state index contributed by atoms with van der Waals surface area (Å²) in [6, 6.07) is 20.7. The molecule has 0 saturated carbocycles. The lowest BCUT2D eigenvalue weighted by Crippen LogP contribution is -2.10. The first-order valence-corrected chi connectivity index (χ1v) is 8.53. The van der Waals surface area contributed by atoms with E-state index in [0.29, 0.717) is 0 Å². The summed E-state index contributed by atoms with van der Waals surface area (Å²) in [6.45, 7) is 6.66. The monoisotopic (exact) mass is 334 g/mol. The van der Waals surface area contributed by atoms with E-state index in [-0.39, 0.29) is 5.41 Å². The molecule has 0 aliphatic rings. The Bertz CT molecular complexity index is 1030. The van der Waals surface area contributed by atoms with Gasteiger partial charge in [0, 0.05) is 21.4 Å². The van der Waals surface area contributed by atoms with E-state index in [1.807, 2.05) is 30.3 Å². The van der Waals surface area contributed by atoms with Crippen molar-refractivity contribution in [2.24, 2.45) is 0 Å². The van der Waals surface area contributed by atoms with Crippen molar-refractivity contribution in [3.63, 3.8) is 0 Å². The Labute approximate surface area is 146 Å². The lowest BCUT2D eigenvalue weighted by atomic mass is 9.86. The molecule has 0 bridgehead atoms. The Kier molecular flexibility index (Phi) is 3.43. The standard InChI is InChI=1S/C22H19ClO/c1-22(2,3)15-10-8-14(9-11-15)18-12-16(23)13-19-17-6-4-5-7-20(17)24-21(18)19/h4-13H,1-3H3. The molecule has 0 aliphatic carbocycles. The Morgan fingerprint density at radius 2 is 1.54 bits per heavy atom. The van der Waals surface area contributed by atoms with Crippen molar-refractivity contribution in [3.8, 4) is 11.1 Å². The predicted molar refractivity (Wildman–Crippen MR) is 103 cm³/mol. The molecule has 2 heteroatoms. The summed E-state index contributed by atoms with van der Waals surface area (Å²) >= 11 is 6.39. The molecule has 120 valence electrons. The highest BCUT2D eigenvalue weighted by Gasteiger charge is 2.16. The fourth-order valence-corrected chi connectivity index (χ4v) is 3.37. The summed E-state index contributed by atoms with van der Waals surface area (Å²) in [4.78, 5) is 0. The molecule has 0 N–H and O–H groups in total. The van der Waals surface area contributed by atoms with Gasteiger partial charge in [-0.1, -0.05) is 74.8 Å². The molecular weight excluding hydrogens is 316 g/mol. The van der Waals surface area contributed by atoms with Gasteiger partial charge in [-0.15, -0.1) is 0 Å². The number of fused-ring (bicyclic) bond motifs is 3. The van der Waals surface area contributed by atoms with E-state index in [4.69, 9.17) is 16.0 Å². The average molecular weight is 335 g/mol. The van der Waals surface area contributed by atoms with E-state index < -0.39 is 0 Å². The van der Waals surface area contributed by atoms with Crippen molar-refractivity contribution in [2.75, 3.05) is 0 Å². The highest BCUT2D eigenvalue weighted by atomic mass is 35.5. The number of rotatable bonds is 1. The van der Waals surface area contributed by atoms with Crippen LogP contribution in [0.15, 0.2) is 65.1 Å². The molecule has 0 radical (unpaired) electrons. The first-order chi connectivity index (χ1) is 11.4. The maximum absolute atomic E-state index is 6.39. The third kappa shape index (κ3) is 2.50.